The highest BCUT2D eigenvalue weighted by atomic mass is 16.6. The lowest BCUT2D eigenvalue weighted by Gasteiger charge is -2.19. The Morgan fingerprint density at radius 3 is 2.72 bits per heavy atom. The van der Waals surface area contributed by atoms with Crippen molar-refractivity contribution in [1.82, 2.24) is 14.5 Å². The second-order valence-corrected chi connectivity index (χ2v) is 6.40. The van der Waals surface area contributed by atoms with Crippen LogP contribution in [-0.2, 0) is 0 Å². The summed E-state index contributed by atoms with van der Waals surface area (Å²) in [5, 5.41) is 21.7. The van der Waals surface area contributed by atoms with Crippen LogP contribution in [0.3, 0.4) is 0 Å². The van der Waals surface area contributed by atoms with Crippen molar-refractivity contribution in [2.75, 3.05) is 13.2 Å². The van der Waals surface area contributed by atoms with Crippen LogP contribution in [0.25, 0.3) is 28.2 Å². The predicted octanol–water partition coefficient (Wildman–Crippen LogP) is 3.47. The maximum absolute atomic E-state index is 11.2. The van der Waals surface area contributed by atoms with Crippen molar-refractivity contribution >= 4 is 16.9 Å². The summed E-state index contributed by atoms with van der Waals surface area (Å²) in [6, 6.07) is 12.9. The van der Waals surface area contributed by atoms with Gasteiger partial charge in [-0.05, 0) is 30.3 Å². The minimum atomic E-state index is -0.516. The molecule has 0 atom stereocenters. The molecule has 3 heterocycles. The number of benzene rings is 2. The summed E-state index contributed by atoms with van der Waals surface area (Å²) in [6.45, 7) is 0.929. The topological polar surface area (TPSA) is 113 Å². The molecule has 1 N–H and O–H groups in total. The van der Waals surface area contributed by atoms with Gasteiger partial charge >= 0.3 is 0 Å². The molecule has 2 aromatic heterocycles. The zero-order chi connectivity index (χ0) is 20.0. The summed E-state index contributed by atoms with van der Waals surface area (Å²) < 4.78 is 13.0. The lowest BCUT2D eigenvalue weighted by molar-refractivity contribution is -0.384. The number of ether oxygens (including phenoxy) is 2. The molecule has 0 radical (unpaired) electrons. The fourth-order valence-corrected chi connectivity index (χ4v) is 3.34. The number of fused-ring (bicyclic) bond motifs is 2. The zero-order valence-electron chi connectivity index (χ0n) is 15.0. The molecule has 5 rings (SSSR count). The van der Waals surface area contributed by atoms with E-state index in [0.717, 1.165) is 0 Å². The van der Waals surface area contributed by atoms with Crippen molar-refractivity contribution in [3.05, 3.63) is 64.8 Å². The molecule has 0 bridgehead atoms. The van der Waals surface area contributed by atoms with Gasteiger partial charge in [0.2, 0.25) is 0 Å². The first-order valence-electron chi connectivity index (χ1n) is 8.83. The summed E-state index contributed by atoms with van der Waals surface area (Å²) in [4.78, 5) is 19.5. The number of imidazole rings is 1. The standard InChI is InChI=1S/C20H14N4O5/c25-16-5-3-13(24(26)27)10-14(16)20-22-19-15(2-1-7-21-19)23(20)12-4-6-17-18(11-12)29-9-8-28-17/h1-7,10-11,25H,8-9H2. The van der Waals surface area contributed by atoms with Gasteiger partial charge in [0, 0.05) is 24.4 Å². The van der Waals surface area contributed by atoms with Crippen LogP contribution in [0.15, 0.2) is 54.7 Å². The number of phenolic OH excluding ortho intramolecular Hbond substituents is 1. The lowest BCUT2D eigenvalue weighted by Crippen LogP contribution is -2.15. The van der Waals surface area contributed by atoms with E-state index in [2.05, 4.69) is 9.97 Å². The number of aromatic nitrogens is 3. The quantitative estimate of drug-likeness (QED) is 0.421. The third kappa shape index (κ3) is 2.80. The van der Waals surface area contributed by atoms with Gasteiger partial charge in [0.05, 0.1) is 21.7 Å². The van der Waals surface area contributed by atoms with Crippen LogP contribution in [0.2, 0.25) is 0 Å². The van der Waals surface area contributed by atoms with Crippen LogP contribution in [0.4, 0.5) is 5.69 Å². The third-order valence-electron chi connectivity index (χ3n) is 4.65. The average molecular weight is 390 g/mol. The first-order chi connectivity index (χ1) is 14.1. The van der Waals surface area contributed by atoms with E-state index in [-0.39, 0.29) is 17.0 Å². The Balaban J connectivity index is 1.78. The van der Waals surface area contributed by atoms with E-state index in [1.54, 1.807) is 29.0 Å². The van der Waals surface area contributed by atoms with Gasteiger partial charge in [-0.1, -0.05) is 0 Å². The molecule has 1 aliphatic heterocycles. The van der Waals surface area contributed by atoms with Crippen molar-refractivity contribution < 1.29 is 19.5 Å². The number of hydrogen-bond acceptors (Lipinski definition) is 7. The van der Waals surface area contributed by atoms with Crippen molar-refractivity contribution in [2.24, 2.45) is 0 Å². The molecule has 4 aromatic rings. The minimum Gasteiger partial charge on any atom is -0.507 e. The summed E-state index contributed by atoms with van der Waals surface area (Å²) in [5.74, 6) is 1.44. The van der Waals surface area contributed by atoms with Crippen molar-refractivity contribution in [2.45, 2.75) is 0 Å². The number of nitrogens with zero attached hydrogens (tertiary/aromatic N) is 4. The predicted molar refractivity (Wildman–Crippen MR) is 104 cm³/mol. The molecule has 9 heteroatoms. The van der Waals surface area contributed by atoms with Gasteiger partial charge in [0.15, 0.2) is 23.0 Å². The molecule has 0 fully saturated rings. The van der Waals surface area contributed by atoms with Crippen molar-refractivity contribution in [3.8, 4) is 34.3 Å². The van der Waals surface area contributed by atoms with Crippen molar-refractivity contribution in [1.29, 1.82) is 0 Å². The van der Waals surface area contributed by atoms with Gasteiger partial charge in [-0.15, -0.1) is 0 Å². The maximum Gasteiger partial charge on any atom is 0.270 e. The minimum absolute atomic E-state index is 0.121. The van der Waals surface area contributed by atoms with Crippen LogP contribution in [0, 0.1) is 10.1 Å². The van der Waals surface area contributed by atoms with E-state index in [1.807, 2.05) is 12.1 Å². The number of rotatable bonds is 3. The second kappa shape index (κ2) is 6.48. The lowest BCUT2D eigenvalue weighted by atomic mass is 10.1. The Hall–Kier alpha value is -4.14. The van der Waals surface area contributed by atoms with Gasteiger partial charge in [-0.25, -0.2) is 9.97 Å². The van der Waals surface area contributed by atoms with Crippen LogP contribution in [0.1, 0.15) is 0 Å². The number of phenols is 1. The molecular formula is C20H14N4O5. The van der Waals surface area contributed by atoms with Crippen LogP contribution in [-0.4, -0.2) is 37.8 Å². The first kappa shape index (κ1) is 17.0. The number of nitro benzene ring substituents is 1. The molecule has 9 nitrogen and oxygen atoms in total. The van der Waals surface area contributed by atoms with E-state index in [1.165, 1.54) is 18.2 Å². The highest BCUT2D eigenvalue weighted by molar-refractivity contribution is 5.82. The van der Waals surface area contributed by atoms with E-state index < -0.39 is 4.92 Å². The van der Waals surface area contributed by atoms with Gasteiger partial charge in [0.25, 0.3) is 5.69 Å². The fraction of sp³-hybridized carbons (Fsp3) is 0.100. The maximum atomic E-state index is 11.2. The van der Waals surface area contributed by atoms with Crippen LogP contribution >= 0.6 is 0 Å². The number of nitro groups is 1. The SMILES string of the molecule is O=[N+]([O-])c1ccc(O)c(-c2nc3ncccc3n2-c2ccc3c(c2)OCCO3)c1. The molecule has 0 amide bonds. The normalized spacial score (nSPS) is 12.8. The van der Waals surface area contributed by atoms with E-state index in [4.69, 9.17) is 9.47 Å². The molecule has 0 spiro atoms. The summed E-state index contributed by atoms with van der Waals surface area (Å²) in [5.41, 5.74) is 1.91. The highest BCUT2D eigenvalue weighted by Gasteiger charge is 2.22. The summed E-state index contributed by atoms with van der Waals surface area (Å²) in [7, 11) is 0. The van der Waals surface area contributed by atoms with Gasteiger partial charge in [-0.2, -0.15) is 0 Å². The second-order valence-electron chi connectivity index (χ2n) is 6.40. The molecule has 0 saturated carbocycles. The Labute approximate surface area is 163 Å². The van der Waals surface area contributed by atoms with E-state index in [9.17, 15) is 15.2 Å². The fourth-order valence-electron chi connectivity index (χ4n) is 3.34. The molecule has 0 unspecified atom stereocenters. The Kier molecular flexibility index (Phi) is 3.80. The number of aromatic hydroxyl groups is 1. The number of pyridine rings is 1. The monoisotopic (exact) mass is 390 g/mol. The van der Waals surface area contributed by atoms with Gasteiger partial charge in [0.1, 0.15) is 19.0 Å². The Morgan fingerprint density at radius 2 is 1.90 bits per heavy atom. The highest BCUT2D eigenvalue weighted by Crippen LogP contribution is 2.38. The Morgan fingerprint density at radius 1 is 1.07 bits per heavy atom. The molecule has 144 valence electrons. The number of non-ortho nitro benzene ring substituents is 1. The average Bonchev–Trinajstić information content (AvgIpc) is 3.13. The molecule has 0 saturated heterocycles. The van der Waals surface area contributed by atoms with Gasteiger partial charge < -0.3 is 14.6 Å². The van der Waals surface area contributed by atoms with E-state index in [0.29, 0.717) is 47.4 Å². The molecular weight excluding hydrogens is 376 g/mol. The molecule has 1 aliphatic rings. The smallest absolute Gasteiger partial charge is 0.270 e. The van der Waals surface area contributed by atoms with Crippen molar-refractivity contribution in [3.63, 3.8) is 0 Å². The Bertz CT molecular complexity index is 1270. The zero-order valence-corrected chi connectivity index (χ0v) is 15.0. The largest absolute Gasteiger partial charge is 0.507 e. The van der Waals surface area contributed by atoms with Crippen LogP contribution < -0.4 is 9.47 Å². The van der Waals surface area contributed by atoms with Crippen LogP contribution in [0.5, 0.6) is 17.2 Å². The van der Waals surface area contributed by atoms with Gasteiger partial charge in [-0.3, -0.25) is 14.7 Å². The summed E-state index contributed by atoms with van der Waals surface area (Å²) in [6.07, 6.45) is 1.61. The molecule has 0 aliphatic carbocycles. The third-order valence-corrected chi connectivity index (χ3v) is 4.65. The molecule has 2 aromatic carbocycles. The first-order valence-corrected chi connectivity index (χ1v) is 8.83. The van der Waals surface area contributed by atoms with E-state index >= 15 is 0 Å². The number of hydrogen-bond donors (Lipinski definition) is 1. The molecule has 29 heavy (non-hydrogen) atoms. The summed E-state index contributed by atoms with van der Waals surface area (Å²) >= 11 is 0.